The molecule has 1 fully saturated rings. The fraction of sp³-hybridized carbons (Fsp3) is 0.417. The van der Waals surface area contributed by atoms with Crippen LogP contribution >= 0.6 is 11.6 Å². The summed E-state index contributed by atoms with van der Waals surface area (Å²) in [5.74, 6) is -0.609. The van der Waals surface area contributed by atoms with E-state index in [4.69, 9.17) is 11.6 Å². The smallest absolute Gasteiger partial charge is 0.255 e. The summed E-state index contributed by atoms with van der Waals surface area (Å²) in [7, 11) is 0. The number of halogens is 1. The number of alkyl halides is 1. The molecule has 0 aliphatic heterocycles. The largest absolute Gasteiger partial charge is 0.508 e. The number of carbonyl (C=O) groups excluding carboxylic acids is 1. The fourth-order valence-corrected chi connectivity index (χ4v) is 2.37. The number of nitrogens with one attached hydrogen (secondary N) is 1. The Morgan fingerprint density at radius 1 is 1.35 bits per heavy atom. The molecule has 1 aliphatic carbocycles. The van der Waals surface area contributed by atoms with E-state index in [1.807, 2.05) is 0 Å². The van der Waals surface area contributed by atoms with Gasteiger partial charge in [-0.2, -0.15) is 0 Å². The lowest BCUT2D eigenvalue weighted by molar-refractivity contribution is 0.0935. The van der Waals surface area contributed by atoms with Crippen molar-refractivity contribution in [1.29, 1.82) is 0 Å². The zero-order valence-electron chi connectivity index (χ0n) is 9.19. The molecule has 17 heavy (non-hydrogen) atoms. The Morgan fingerprint density at radius 3 is 2.76 bits per heavy atom. The average Bonchev–Trinajstić information content (AvgIpc) is 2.68. The summed E-state index contributed by atoms with van der Waals surface area (Å²) in [5, 5.41) is 21.5. The predicted molar refractivity (Wildman–Crippen MR) is 64.5 cm³/mol. The van der Waals surface area contributed by atoms with Gasteiger partial charge in [-0.05, 0) is 37.5 Å². The summed E-state index contributed by atoms with van der Waals surface area (Å²) in [6.07, 6.45) is 2.73. The Kier molecular flexibility index (Phi) is 3.43. The third-order valence-corrected chi connectivity index (χ3v) is 3.50. The number of amides is 1. The molecule has 2 unspecified atom stereocenters. The van der Waals surface area contributed by atoms with Crippen molar-refractivity contribution in [3.8, 4) is 11.5 Å². The first kappa shape index (κ1) is 12.0. The van der Waals surface area contributed by atoms with Crippen LogP contribution in [0.5, 0.6) is 11.5 Å². The van der Waals surface area contributed by atoms with Crippen molar-refractivity contribution in [2.75, 3.05) is 0 Å². The molecular formula is C12H14ClNO3. The first-order valence-electron chi connectivity index (χ1n) is 5.55. The monoisotopic (exact) mass is 255 g/mol. The number of benzene rings is 1. The van der Waals surface area contributed by atoms with E-state index in [9.17, 15) is 15.0 Å². The summed E-state index contributed by atoms with van der Waals surface area (Å²) >= 11 is 6.05. The highest BCUT2D eigenvalue weighted by Crippen LogP contribution is 2.26. The van der Waals surface area contributed by atoms with Crippen LogP contribution in [0.25, 0.3) is 0 Å². The Morgan fingerprint density at radius 2 is 2.12 bits per heavy atom. The van der Waals surface area contributed by atoms with E-state index in [2.05, 4.69) is 5.32 Å². The van der Waals surface area contributed by atoms with E-state index < -0.39 is 5.91 Å². The number of phenols is 2. The molecule has 4 nitrogen and oxygen atoms in total. The lowest BCUT2D eigenvalue weighted by atomic mass is 10.1. The Labute approximate surface area is 104 Å². The van der Waals surface area contributed by atoms with E-state index in [1.165, 1.54) is 18.2 Å². The van der Waals surface area contributed by atoms with Crippen molar-refractivity contribution in [3.05, 3.63) is 23.8 Å². The van der Waals surface area contributed by atoms with E-state index in [0.29, 0.717) is 0 Å². The van der Waals surface area contributed by atoms with Crippen molar-refractivity contribution in [2.45, 2.75) is 30.7 Å². The normalized spacial score (nSPS) is 23.6. The number of phenolic OH excluding ortho intramolecular Hbond substituents is 2. The van der Waals surface area contributed by atoms with Crippen LogP contribution in [0.1, 0.15) is 29.6 Å². The molecule has 1 saturated carbocycles. The summed E-state index contributed by atoms with van der Waals surface area (Å²) in [5.41, 5.74) is 0.0702. The van der Waals surface area contributed by atoms with Crippen LogP contribution in [0.3, 0.4) is 0 Å². The molecule has 1 amide bonds. The summed E-state index contributed by atoms with van der Waals surface area (Å²) < 4.78 is 0. The van der Waals surface area contributed by atoms with Crippen LogP contribution in [0, 0.1) is 0 Å². The first-order valence-corrected chi connectivity index (χ1v) is 5.98. The molecule has 1 aromatic carbocycles. The van der Waals surface area contributed by atoms with E-state index in [-0.39, 0.29) is 28.5 Å². The van der Waals surface area contributed by atoms with Crippen LogP contribution in [0.4, 0.5) is 0 Å². The van der Waals surface area contributed by atoms with E-state index in [0.717, 1.165) is 19.3 Å². The molecule has 0 radical (unpaired) electrons. The number of hydrogen-bond donors (Lipinski definition) is 3. The summed E-state index contributed by atoms with van der Waals surface area (Å²) in [6.45, 7) is 0. The predicted octanol–water partition coefficient (Wildman–Crippen LogP) is 1.99. The maximum Gasteiger partial charge on any atom is 0.255 e. The molecule has 0 bridgehead atoms. The highest BCUT2D eigenvalue weighted by Gasteiger charge is 2.27. The lowest BCUT2D eigenvalue weighted by Gasteiger charge is -2.16. The average molecular weight is 256 g/mol. The molecule has 2 atom stereocenters. The van der Waals surface area contributed by atoms with Gasteiger partial charge in [0.2, 0.25) is 0 Å². The van der Waals surface area contributed by atoms with Gasteiger partial charge in [0.1, 0.15) is 11.5 Å². The standard InChI is InChI=1S/C12H14ClNO3/c13-9-2-1-3-10(9)14-12(17)8-6-7(15)4-5-11(8)16/h4-6,9-10,15-16H,1-3H2,(H,14,17). The molecule has 1 aliphatic rings. The zero-order valence-corrected chi connectivity index (χ0v) is 9.94. The molecule has 0 spiro atoms. The molecular weight excluding hydrogens is 242 g/mol. The van der Waals surface area contributed by atoms with Gasteiger partial charge in [-0.3, -0.25) is 4.79 Å². The Hall–Kier alpha value is -1.42. The number of aromatic hydroxyl groups is 2. The minimum atomic E-state index is -0.407. The first-order chi connectivity index (χ1) is 8.08. The minimum Gasteiger partial charge on any atom is -0.508 e. The maximum atomic E-state index is 11.9. The van der Waals surface area contributed by atoms with Crippen molar-refractivity contribution in [3.63, 3.8) is 0 Å². The minimum absolute atomic E-state index is 0.0539. The van der Waals surface area contributed by atoms with Crippen LogP contribution in [-0.2, 0) is 0 Å². The molecule has 0 saturated heterocycles. The van der Waals surface area contributed by atoms with E-state index in [1.54, 1.807) is 0 Å². The van der Waals surface area contributed by atoms with Gasteiger partial charge in [-0.25, -0.2) is 0 Å². The van der Waals surface area contributed by atoms with Gasteiger partial charge in [0.25, 0.3) is 5.91 Å². The quantitative estimate of drug-likeness (QED) is 0.559. The van der Waals surface area contributed by atoms with Gasteiger partial charge in [-0.1, -0.05) is 0 Å². The zero-order chi connectivity index (χ0) is 12.4. The van der Waals surface area contributed by atoms with Crippen LogP contribution < -0.4 is 5.32 Å². The second kappa shape index (κ2) is 4.84. The molecule has 92 valence electrons. The van der Waals surface area contributed by atoms with E-state index >= 15 is 0 Å². The Bertz CT molecular complexity index is 436. The van der Waals surface area contributed by atoms with Gasteiger partial charge in [0.15, 0.2) is 0 Å². The van der Waals surface area contributed by atoms with Crippen LogP contribution in [0.2, 0.25) is 0 Å². The second-order valence-corrected chi connectivity index (χ2v) is 4.79. The van der Waals surface area contributed by atoms with Crippen molar-refractivity contribution in [2.24, 2.45) is 0 Å². The van der Waals surface area contributed by atoms with Crippen molar-refractivity contribution in [1.82, 2.24) is 5.32 Å². The van der Waals surface area contributed by atoms with Gasteiger partial charge in [-0.15, -0.1) is 11.6 Å². The second-order valence-electron chi connectivity index (χ2n) is 4.23. The molecule has 3 N–H and O–H groups in total. The van der Waals surface area contributed by atoms with Gasteiger partial charge < -0.3 is 15.5 Å². The molecule has 5 heteroatoms. The third-order valence-electron chi connectivity index (χ3n) is 2.97. The number of rotatable bonds is 2. The van der Waals surface area contributed by atoms with Gasteiger partial charge >= 0.3 is 0 Å². The van der Waals surface area contributed by atoms with Crippen LogP contribution in [0.15, 0.2) is 18.2 Å². The van der Waals surface area contributed by atoms with Crippen molar-refractivity contribution >= 4 is 17.5 Å². The highest BCUT2D eigenvalue weighted by molar-refractivity contribution is 6.21. The van der Waals surface area contributed by atoms with Gasteiger partial charge in [0.05, 0.1) is 10.9 Å². The maximum absolute atomic E-state index is 11.9. The van der Waals surface area contributed by atoms with Crippen molar-refractivity contribution < 1.29 is 15.0 Å². The fourth-order valence-electron chi connectivity index (χ4n) is 2.03. The number of hydrogen-bond acceptors (Lipinski definition) is 3. The lowest BCUT2D eigenvalue weighted by Crippen LogP contribution is -2.37. The SMILES string of the molecule is O=C(NC1CCCC1Cl)c1cc(O)ccc1O. The topological polar surface area (TPSA) is 69.6 Å². The molecule has 0 aromatic heterocycles. The summed E-state index contributed by atoms with van der Waals surface area (Å²) in [6, 6.07) is 3.79. The Balaban J connectivity index is 2.11. The molecule has 1 aromatic rings. The third kappa shape index (κ3) is 2.64. The molecule has 0 heterocycles. The molecule has 2 rings (SSSR count). The highest BCUT2D eigenvalue weighted by atomic mass is 35.5. The number of carbonyl (C=O) groups is 1. The summed E-state index contributed by atoms with van der Waals surface area (Å²) in [4.78, 5) is 11.9. The van der Waals surface area contributed by atoms with Gasteiger partial charge in [0, 0.05) is 6.04 Å². The van der Waals surface area contributed by atoms with Crippen LogP contribution in [-0.4, -0.2) is 27.5 Å².